The fourth-order valence-electron chi connectivity index (χ4n) is 2.67. The SMILES string of the molecule is CCC(Oc1ccc(F)cc1)C(=O)Nc1ccc2c(c1)sc(=O)n2CC. The molecule has 0 saturated carbocycles. The molecule has 1 amide bonds. The van der Waals surface area contributed by atoms with E-state index in [1.54, 1.807) is 16.7 Å². The third-order valence-corrected chi connectivity index (χ3v) is 4.95. The lowest BCUT2D eigenvalue weighted by Crippen LogP contribution is -2.32. The molecule has 7 heteroatoms. The van der Waals surface area contributed by atoms with Crippen LogP contribution in [-0.2, 0) is 11.3 Å². The molecule has 5 nitrogen and oxygen atoms in total. The number of carbonyl (C=O) groups is 1. The Balaban J connectivity index is 1.76. The van der Waals surface area contributed by atoms with Gasteiger partial charge in [-0.25, -0.2) is 4.39 Å². The van der Waals surface area contributed by atoms with Crippen LogP contribution in [0.5, 0.6) is 5.75 Å². The summed E-state index contributed by atoms with van der Waals surface area (Å²) in [4.78, 5) is 24.4. The van der Waals surface area contributed by atoms with Crippen LogP contribution in [0.15, 0.2) is 47.3 Å². The first kappa shape index (κ1) is 18.1. The normalized spacial score (nSPS) is 12.1. The number of carbonyl (C=O) groups excluding carboxylic acids is 1. The number of nitrogens with one attached hydrogen (secondary N) is 1. The fraction of sp³-hybridized carbons (Fsp3) is 0.263. The van der Waals surface area contributed by atoms with Gasteiger partial charge in [-0.3, -0.25) is 14.2 Å². The number of hydrogen-bond acceptors (Lipinski definition) is 4. The minimum Gasteiger partial charge on any atom is -0.481 e. The van der Waals surface area contributed by atoms with Gasteiger partial charge in [-0.15, -0.1) is 0 Å². The molecule has 0 aliphatic rings. The second-order valence-electron chi connectivity index (χ2n) is 5.75. The number of rotatable bonds is 6. The van der Waals surface area contributed by atoms with Gasteiger partial charge in [0.25, 0.3) is 5.91 Å². The highest BCUT2D eigenvalue weighted by molar-refractivity contribution is 7.16. The topological polar surface area (TPSA) is 60.3 Å². The molecule has 3 rings (SSSR count). The highest BCUT2D eigenvalue weighted by Gasteiger charge is 2.19. The van der Waals surface area contributed by atoms with Gasteiger partial charge in [-0.05, 0) is 55.8 Å². The van der Waals surface area contributed by atoms with E-state index in [9.17, 15) is 14.0 Å². The van der Waals surface area contributed by atoms with Crippen LogP contribution in [0.2, 0.25) is 0 Å². The van der Waals surface area contributed by atoms with E-state index in [0.29, 0.717) is 24.4 Å². The Morgan fingerprint density at radius 3 is 2.62 bits per heavy atom. The average molecular weight is 374 g/mol. The molecule has 1 N–H and O–H groups in total. The second-order valence-corrected chi connectivity index (χ2v) is 6.75. The summed E-state index contributed by atoms with van der Waals surface area (Å²) in [5.74, 6) is -0.221. The number of aryl methyl sites for hydroxylation is 1. The standard InChI is InChI=1S/C19H19FN2O3S/c1-3-16(25-14-8-5-12(20)6-9-14)18(23)21-13-7-10-15-17(11-13)26-19(24)22(15)4-2/h5-11,16H,3-4H2,1-2H3,(H,21,23). The van der Waals surface area contributed by atoms with E-state index in [1.807, 2.05) is 19.9 Å². The largest absolute Gasteiger partial charge is 0.481 e. The molecule has 0 radical (unpaired) electrons. The van der Waals surface area contributed by atoms with E-state index in [0.717, 1.165) is 21.6 Å². The maximum atomic E-state index is 13.0. The molecule has 1 aromatic heterocycles. The summed E-state index contributed by atoms with van der Waals surface area (Å²) in [5.41, 5.74) is 1.46. The molecule has 136 valence electrons. The number of benzene rings is 2. The molecule has 1 unspecified atom stereocenters. The highest BCUT2D eigenvalue weighted by Crippen LogP contribution is 2.22. The van der Waals surface area contributed by atoms with Crippen LogP contribution in [0.3, 0.4) is 0 Å². The zero-order valence-corrected chi connectivity index (χ0v) is 15.3. The summed E-state index contributed by atoms with van der Waals surface area (Å²) >= 11 is 1.15. The van der Waals surface area contributed by atoms with Gasteiger partial charge in [0.1, 0.15) is 11.6 Å². The van der Waals surface area contributed by atoms with Crippen molar-refractivity contribution in [3.63, 3.8) is 0 Å². The third kappa shape index (κ3) is 3.77. The number of halogens is 1. The van der Waals surface area contributed by atoms with Gasteiger partial charge in [0.15, 0.2) is 6.10 Å². The van der Waals surface area contributed by atoms with Crippen molar-refractivity contribution in [2.45, 2.75) is 32.9 Å². The fourth-order valence-corrected chi connectivity index (χ4v) is 3.66. The summed E-state index contributed by atoms with van der Waals surface area (Å²) in [6.45, 7) is 4.36. The van der Waals surface area contributed by atoms with Crippen LogP contribution < -0.4 is 14.9 Å². The van der Waals surface area contributed by atoms with Gasteiger partial charge in [0, 0.05) is 12.2 Å². The molecule has 0 aliphatic carbocycles. The number of thiazole rings is 1. The number of fused-ring (bicyclic) bond motifs is 1. The molecular formula is C19H19FN2O3S. The van der Waals surface area contributed by atoms with Crippen LogP contribution in [0.4, 0.5) is 10.1 Å². The van der Waals surface area contributed by atoms with Crippen molar-refractivity contribution in [1.29, 1.82) is 0 Å². The van der Waals surface area contributed by atoms with E-state index in [2.05, 4.69) is 5.32 Å². The van der Waals surface area contributed by atoms with Crippen molar-refractivity contribution in [1.82, 2.24) is 4.57 Å². The molecule has 0 fully saturated rings. The van der Waals surface area contributed by atoms with Crippen molar-refractivity contribution < 1.29 is 13.9 Å². The lowest BCUT2D eigenvalue weighted by Gasteiger charge is -2.17. The van der Waals surface area contributed by atoms with E-state index in [-0.39, 0.29) is 16.6 Å². The third-order valence-electron chi connectivity index (χ3n) is 4.01. The van der Waals surface area contributed by atoms with Crippen LogP contribution >= 0.6 is 11.3 Å². The number of amides is 1. The minimum absolute atomic E-state index is 0.0166. The summed E-state index contributed by atoms with van der Waals surface area (Å²) in [5, 5.41) is 2.82. The maximum absolute atomic E-state index is 13.0. The average Bonchev–Trinajstić information content (AvgIpc) is 2.95. The van der Waals surface area contributed by atoms with Gasteiger partial charge in [-0.1, -0.05) is 18.3 Å². The predicted octanol–water partition coefficient (Wildman–Crippen LogP) is 4.02. The molecule has 0 spiro atoms. The lowest BCUT2D eigenvalue weighted by molar-refractivity contribution is -0.122. The van der Waals surface area contributed by atoms with Gasteiger partial charge in [0.05, 0.1) is 10.2 Å². The Kier molecular flexibility index (Phi) is 5.37. The monoisotopic (exact) mass is 374 g/mol. The van der Waals surface area contributed by atoms with Gasteiger partial charge < -0.3 is 10.1 Å². The zero-order valence-electron chi connectivity index (χ0n) is 14.5. The summed E-state index contributed by atoms with van der Waals surface area (Å²) < 4.78 is 21.1. The van der Waals surface area contributed by atoms with E-state index in [1.165, 1.54) is 24.3 Å². The molecule has 1 heterocycles. The number of nitrogens with zero attached hydrogens (tertiary/aromatic N) is 1. The molecule has 26 heavy (non-hydrogen) atoms. The van der Waals surface area contributed by atoms with Crippen LogP contribution in [-0.4, -0.2) is 16.6 Å². The van der Waals surface area contributed by atoms with E-state index < -0.39 is 6.10 Å². The first-order valence-corrected chi connectivity index (χ1v) is 9.20. The Hall–Kier alpha value is -2.67. The predicted molar refractivity (Wildman–Crippen MR) is 101 cm³/mol. The summed E-state index contributed by atoms with van der Waals surface area (Å²) in [6, 6.07) is 10.9. The van der Waals surface area contributed by atoms with Crippen LogP contribution in [0.25, 0.3) is 10.2 Å². The lowest BCUT2D eigenvalue weighted by atomic mass is 10.2. The first-order valence-electron chi connectivity index (χ1n) is 8.38. The van der Waals surface area contributed by atoms with E-state index in [4.69, 9.17) is 4.74 Å². The zero-order chi connectivity index (χ0) is 18.7. The Bertz CT molecular complexity index is 979. The number of anilines is 1. The van der Waals surface area contributed by atoms with E-state index >= 15 is 0 Å². The molecule has 1 atom stereocenters. The summed E-state index contributed by atoms with van der Waals surface area (Å²) in [6.07, 6.45) is -0.236. The molecule has 2 aromatic carbocycles. The van der Waals surface area contributed by atoms with Crippen LogP contribution in [0.1, 0.15) is 20.3 Å². The molecule has 0 saturated heterocycles. The number of ether oxygens (including phenoxy) is 1. The van der Waals surface area contributed by atoms with Crippen molar-refractivity contribution >= 4 is 33.1 Å². The molecule has 0 bridgehead atoms. The molecular weight excluding hydrogens is 355 g/mol. The quantitative estimate of drug-likeness (QED) is 0.709. The highest BCUT2D eigenvalue weighted by atomic mass is 32.1. The van der Waals surface area contributed by atoms with Crippen molar-refractivity contribution in [2.75, 3.05) is 5.32 Å². The van der Waals surface area contributed by atoms with Crippen molar-refractivity contribution in [2.24, 2.45) is 0 Å². The van der Waals surface area contributed by atoms with Crippen LogP contribution in [0, 0.1) is 5.82 Å². The summed E-state index contributed by atoms with van der Waals surface area (Å²) in [7, 11) is 0. The maximum Gasteiger partial charge on any atom is 0.308 e. The Labute approximate surface area is 154 Å². The second kappa shape index (κ2) is 7.70. The minimum atomic E-state index is -0.699. The Morgan fingerprint density at radius 1 is 1.23 bits per heavy atom. The molecule has 0 aliphatic heterocycles. The van der Waals surface area contributed by atoms with Crippen molar-refractivity contribution in [3.8, 4) is 5.75 Å². The Morgan fingerprint density at radius 2 is 1.96 bits per heavy atom. The number of hydrogen-bond donors (Lipinski definition) is 1. The van der Waals surface area contributed by atoms with Gasteiger partial charge in [-0.2, -0.15) is 0 Å². The smallest absolute Gasteiger partial charge is 0.308 e. The number of aromatic nitrogens is 1. The first-order chi connectivity index (χ1) is 12.5. The van der Waals surface area contributed by atoms with Crippen molar-refractivity contribution in [3.05, 3.63) is 57.9 Å². The molecule has 3 aromatic rings. The van der Waals surface area contributed by atoms with Gasteiger partial charge in [0.2, 0.25) is 0 Å². The van der Waals surface area contributed by atoms with Gasteiger partial charge >= 0.3 is 4.87 Å².